The number of aromatic nitrogens is 2. The molecule has 0 aliphatic rings. The molecule has 0 bridgehead atoms. The summed E-state index contributed by atoms with van der Waals surface area (Å²) in [6.45, 7) is 7.87. The van der Waals surface area contributed by atoms with E-state index in [9.17, 15) is 14.9 Å². The second kappa shape index (κ2) is 4.93. The third-order valence-electron chi connectivity index (χ3n) is 2.84. The second-order valence-electron chi connectivity index (χ2n) is 4.01. The predicted octanol–water partition coefficient (Wildman–Crippen LogP) is 2.08. The quantitative estimate of drug-likeness (QED) is 0.469. The molecule has 98 valence electrons. The van der Waals surface area contributed by atoms with E-state index >= 15 is 0 Å². The Kier molecular flexibility index (Phi) is 3.33. The number of nitrogens with zero attached hydrogens (tertiary/aromatic N) is 3. The highest BCUT2D eigenvalue weighted by atomic mass is 16.6. The Morgan fingerprint density at radius 1 is 1.16 bits per heavy atom. The van der Waals surface area contributed by atoms with Gasteiger partial charge in [-0.2, -0.15) is 0 Å². The van der Waals surface area contributed by atoms with Crippen molar-refractivity contribution in [3.05, 3.63) is 64.1 Å². The number of allylic oxidation sites excluding steroid dienone is 2. The van der Waals surface area contributed by atoms with Crippen molar-refractivity contribution in [3.63, 3.8) is 0 Å². The van der Waals surface area contributed by atoms with Crippen LogP contribution in [-0.2, 0) is 13.1 Å². The van der Waals surface area contributed by atoms with Crippen molar-refractivity contribution < 1.29 is 4.92 Å². The van der Waals surface area contributed by atoms with Crippen LogP contribution in [0.1, 0.15) is 0 Å². The lowest BCUT2D eigenvalue weighted by atomic mass is 10.2. The molecule has 0 aliphatic carbocycles. The monoisotopic (exact) mass is 259 g/mol. The highest BCUT2D eigenvalue weighted by Crippen LogP contribution is 2.20. The van der Waals surface area contributed by atoms with E-state index in [0.29, 0.717) is 24.1 Å². The lowest BCUT2D eigenvalue weighted by Crippen LogP contribution is -2.23. The number of non-ortho nitro benzene ring substituents is 1. The minimum atomic E-state index is -0.479. The van der Waals surface area contributed by atoms with Crippen LogP contribution in [0.3, 0.4) is 0 Å². The van der Waals surface area contributed by atoms with E-state index in [-0.39, 0.29) is 11.4 Å². The molecule has 0 N–H and O–H groups in total. The van der Waals surface area contributed by atoms with Gasteiger partial charge in [0.15, 0.2) is 0 Å². The maximum Gasteiger partial charge on any atom is 0.329 e. The number of hydrogen-bond donors (Lipinski definition) is 0. The van der Waals surface area contributed by atoms with Gasteiger partial charge in [0, 0.05) is 25.2 Å². The molecule has 1 aromatic heterocycles. The fourth-order valence-electron chi connectivity index (χ4n) is 2.03. The highest BCUT2D eigenvalue weighted by Gasteiger charge is 2.15. The van der Waals surface area contributed by atoms with Crippen LogP contribution in [0, 0.1) is 10.1 Å². The smallest absolute Gasteiger partial charge is 0.288 e. The van der Waals surface area contributed by atoms with Gasteiger partial charge in [0.2, 0.25) is 0 Å². The molecule has 1 aromatic carbocycles. The molecule has 0 unspecified atom stereocenters. The molecule has 6 nitrogen and oxygen atoms in total. The molecule has 0 saturated carbocycles. The van der Waals surface area contributed by atoms with Crippen LogP contribution in [0.25, 0.3) is 11.0 Å². The number of rotatable bonds is 5. The number of nitro benzene ring substituents is 1. The third-order valence-corrected chi connectivity index (χ3v) is 2.84. The summed E-state index contributed by atoms with van der Waals surface area (Å²) in [5, 5.41) is 10.8. The molecule has 0 aliphatic heterocycles. The zero-order chi connectivity index (χ0) is 14.0. The number of benzene rings is 1. The normalized spacial score (nSPS) is 10.5. The van der Waals surface area contributed by atoms with E-state index in [1.807, 2.05) is 0 Å². The summed E-state index contributed by atoms with van der Waals surface area (Å²) < 4.78 is 2.98. The third kappa shape index (κ3) is 2.08. The maximum atomic E-state index is 12.2. The van der Waals surface area contributed by atoms with Crippen LogP contribution in [0.2, 0.25) is 0 Å². The standard InChI is InChI=1S/C13H13N3O3/c1-3-7-14-11-6-5-10(16(18)19)9-12(11)15(8-4-2)13(14)17/h3-6,9H,1-2,7-8H2. The Balaban J connectivity index is 2.81. The van der Waals surface area contributed by atoms with E-state index in [0.717, 1.165) is 0 Å². The topological polar surface area (TPSA) is 70.1 Å². The van der Waals surface area contributed by atoms with E-state index in [4.69, 9.17) is 0 Å². The summed E-state index contributed by atoms with van der Waals surface area (Å²) >= 11 is 0. The number of nitro groups is 1. The van der Waals surface area contributed by atoms with Crippen LogP contribution in [0.4, 0.5) is 5.69 Å². The van der Waals surface area contributed by atoms with Crippen LogP contribution >= 0.6 is 0 Å². The fraction of sp³-hybridized carbons (Fsp3) is 0.154. The number of fused-ring (bicyclic) bond motifs is 1. The van der Waals surface area contributed by atoms with E-state index < -0.39 is 4.92 Å². The molecule has 1 heterocycles. The van der Waals surface area contributed by atoms with E-state index in [1.165, 1.54) is 21.3 Å². The molecule has 0 saturated heterocycles. The van der Waals surface area contributed by atoms with Gasteiger partial charge in [-0.1, -0.05) is 12.2 Å². The summed E-state index contributed by atoms with van der Waals surface area (Å²) in [5.41, 5.74) is 0.912. The van der Waals surface area contributed by atoms with Crippen LogP contribution in [0.5, 0.6) is 0 Å². The van der Waals surface area contributed by atoms with Crippen LogP contribution < -0.4 is 5.69 Å². The van der Waals surface area contributed by atoms with Crippen molar-refractivity contribution in [2.45, 2.75) is 13.1 Å². The minimum absolute atomic E-state index is 0.0407. The molecule has 19 heavy (non-hydrogen) atoms. The van der Waals surface area contributed by atoms with E-state index in [2.05, 4.69) is 13.2 Å². The summed E-state index contributed by atoms with van der Waals surface area (Å²) in [6.07, 6.45) is 3.19. The Morgan fingerprint density at radius 3 is 2.26 bits per heavy atom. The van der Waals surface area contributed by atoms with Gasteiger partial charge in [-0.3, -0.25) is 19.2 Å². The van der Waals surface area contributed by atoms with Crippen LogP contribution in [-0.4, -0.2) is 14.1 Å². The molecule has 0 spiro atoms. The number of imidazole rings is 1. The zero-order valence-electron chi connectivity index (χ0n) is 10.3. The van der Waals surface area contributed by atoms with Crippen molar-refractivity contribution in [2.24, 2.45) is 0 Å². The molecule has 0 fully saturated rings. The zero-order valence-corrected chi connectivity index (χ0v) is 10.3. The highest BCUT2D eigenvalue weighted by molar-refractivity contribution is 5.79. The van der Waals surface area contributed by atoms with Crippen molar-refractivity contribution in [1.82, 2.24) is 9.13 Å². The first-order chi connectivity index (χ1) is 9.10. The fourth-order valence-corrected chi connectivity index (χ4v) is 2.03. The first-order valence-electron chi connectivity index (χ1n) is 5.69. The Morgan fingerprint density at radius 2 is 1.74 bits per heavy atom. The van der Waals surface area contributed by atoms with Gasteiger partial charge in [-0.05, 0) is 6.07 Å². The Labute approximate surface area is 109 Å². The first kappa shape index (κ1) is 12.8. The average molecular weight is 259 g/mol. The summed E-state index contributed by atoms with van der Waals surface area (Å²) in [7, 11) is 0. The molecule has 0 atom stereocenters. The van der Waals surface area contributed by atoms with Gasteiger partial charge < -0.3 is 0 Å². The molecule has 2 rings (SSSR count). The maximum absolute atomic E-state index is 12.2. The van der Waals surface area contributed by atoms with Crippen molar-refractivity contribution in [2.75, 3.05) is 0 Å². The molecule has 0 radical (unpaired) electrons. The summed E-state index contributed by atoms with van der Waals surface area (Å²) in [6, 6.07) is 4.37. The average Bonchev–Trinajstić information content (AvgIpc) is 2.64. The second-order valence-corrected chi connectivity index (χ2v) is 4.01. The minimum Gasteiger partial charge on any atom is -0.288 e. The molecule has 6 heteroatoms. The van der Waals surface area contributed by atoms with Crippen molar-refractivity contribution in [1.29, 1.82) is 0 Å². The molecule has 0 amide bonds. The van der Waals surface area contributed by atoms with Gasteiger partial charge >= 0.3 is 5.69 Å². The largest absolute Gasteiger partial charge is 0.329 e. The van der Waals surface area contributed by atoms with Gasteiger partial charge in [0.1, 0.15) is 0 Å². The first-order valence-corrected chi connectivity index (χ1v) is 5.69. The van der Waals surface area contributed by atoms with Gasteiger partial charge in [-0.25, -0.2) is 4.79 Å². The number of hydrogen-bond acceptors (Lipinski definition) is 3. The predicted molar refractivity (Wildman–Crippen MR) is 73.2 cm³/mol. The van der Waals surface area contributed by atoms with Crippen molar-refractivity contribution >= 4 is 16.7 Å². The van der Waals surface area contributed by atoms with Gasteiger partial charge in [0.05, 0.1) is 16.0 Å². The summed E-state index contributed by atoms with van der Waals surface area (Å²) in [4.78, 5) is 22.5. The van der Waals surface area contributed by atoms with Crippen molar-refractivity contribution in [3.8, 4) is 0 Å². The van der Waals surface area contributed by atoms with Crippen LogP contribution in [0.15, 0.2) is 48.3 Å². The Hall–Kier alpha value is -2.63. The van der Waals surface area contributed by atoms with Gasteiger partial charge in [0.25, 0.3) is 5.69 Å². The lowest BCUT2D eigenvalue weighted by molar-refractivity contribution is -0.384. The molecule has 2 aromatic rings. The molecular weight excluding hydrogens is 246 g/mol. The summed E-state index contributed by atoms with van der Waals surface area (Å²) in [5.74, 6) is 0. The van der Waals surface area contributed by atoms with Gasteiger partial charge in [-0.15, -0.1) is 13.2 Å². The van der Waals surface area contributed by atoms with E-state index in [1.54, 1.807) is 18.2 Å². The molecular formula is C13H13N3O3. The Bertz CT molecular complexity index is 725. The SMILES string of the molecule is C=CCn1c(=O)n(CC=C)c2cc([N+](=O)[O-])ccc21. The lowest BCUT2D eigenvalue weighted by Gasteiger charge is -1.98.